The van der Waals surface area contributed by atoms with Gasteiger partial charge in [0.05, 0.1) is 40.8 Å². The van der Waals surface area contributed by atoms with Crippen molar-refractivity contribution in [2.45, 2.75) is 148 Å². The minimum Gasteiger partial charge on any atom is -0.756 e. The predicted molar refractivity (Wildman–Crippen MR) is 267 cm³/mol. The lowest BCUT2D eigenvalue weighted by atomic mass is 10.1. The summed E-state index contributed by atoms with van der Waals surface area (Å²) < 4.78 is 34.5. The van der Waals surface area contributed by atoms with Gasteiger partial charge in [-0.15, -0.1) is 0 Å². The van der Waals surface area contributed by atoms with Crippen LogP contribution in [-0.2, 0) is 27.9 Å². The highest BCUT2D eigenvalue weighted by molar-refractivity contribution is 7.45. The van der Waals surface area contributed by atoms with Crippen molar-refractivity contribution in [2.24, 2.45) is 0 Å². The first-order valence-corrected chi connectivity index (χ1v) is 25.4. The molecule has 0 N–H and O–H groups in total. The van der Waals surface area contributed by atoms with E-state index in [9.17, 15) is 14.3 Å². The van der Waals surface area contributed by atoms with Crippen LogP contribution in [0.4, 0.5) is 0 Å². The molecule has 0 rings (SSSR count). The van der Waals surface area contributed by atoms with Crippen molar-refractivity contribution >= 4 is 13.8 Å². The summed E-state index contributed by atoms with van der Waals surface area (Å²) in [6.07, 6.45) is 66.5. The van der Waals surface area contributed by atoms with Crippen molar-refractivity contribution in [1.82, 2.24) is 0 Å². The Morgan fingerprint density at radius 1 is 0.492 bits per heavy atom. The predicted octanol–water partition coefficient (Wildman–Crippen LogP) is 14.1. The molecule has 0 amide bonds. The average Bonchev–Trinajstić information content (AvgIpc) is 3.24. The van der Waals surface area contributed by atoms with E-state index in [4.69, 9.17) is 18.5 Å². The molecule has 0 spiro atoms. The fraction of sp³-hybridized carbons (Fsp3) is 0.574. The molecule has 0 radical (unpaired) electrons. The Kier molecular flexibility index (Phi) is 42.8. The molecule has 0 aliphatic rings. The lowest BCUT2D eigenvalue weighted by molar-refractivity contribution is -0.870. The molecule has 0 aromatic rings. The van der Waals surface area contributed by atoms with Gasteiger partial charge in [-0.3, -0.25) is 9.36 Å². The number of phosphoric ester groups is 1. The van der Waals surface area contributed by atoms with Crippen molar-refractivity contribution in [3.63, 3.8) is 0 Å². The van der Waals surface area contributed by atoms with E-state index in [0.717, 1.165) is 89.9 Å². The second kappa shape index (κ2) is 45.2. The normalized spacial score (nSPS) is 14.8. The molecular formula is C54H88NO7P. The summed E-state index contributed by atoms with van der Waals surface area (Å²) in [4.78, 5) is 25.0. The summed E-state index contributed by atoms with van der Waals surface area (Å²) in [5.74, 6) is -0.471. The fourth-order valence-electron chi connectivity index (χ4n) is 5.62. The highest BCUT2D eigenvalue weighted by atomic mass is 31.2. The van der Waals surface area contributed by atoms with E-state index in [2.05, 4.69) is 135 Å². The van der Waals surface area contributed by atoms with E-state index < -0.39 is 19.9 Å². The number of likely N-dealkylation sites (N-methyl/N-ethyl adjacent to an activating group) is 1. The average molecular weight is 894 g/mol. The Morgan fingerprint density at radius 3 is 1.30 bits per heavy atom. The number of unbranched alkanes of at least 4 members (excludes halogenated alkanes) is 7. The quantitative estimate of drug-likeness (QED) is 0.0198. The standard InChI is InChI=1S/C54H88NO7P/c1-6-8-10-12-14-16-18-20-22-23-24-25-26-27-28-29-30-31-32-34-36-38-40-42-44-46-49-59-51-53(52-61-63(57,58)60-50-48-55(3,4)5)62-54(56)47-45-43-41-39-37-35-33-21-19-17-15-13-11-9-7-2/h8-11,14-17,20-22,24-25,27-28,30-31,33,37,39,43,45,53H,6-7,12-13,18-19,23,26,29,32,34-36,38,40-42,44,46-52H2,1-5H3/b10-8-,11-9-,16-14-,17-15-,22-20-,25-24-,28-27-,31-30-,33-21-,39-37-,45-43-. The maximum absolute atomic E-state index is 12.6. The van der Waals surface area contributed by atoms with Gasteiger partial charge in [-0.2, -0.15) is 0 Å². The van der Waals surface area contributed by atoms with Gasteiger partial charge in [-0.05, 0) is 89.9 Å². The smallest absolute Gasteiger partial charge is 0.310 e. The zero-order valence-corrected chi connectivity index (χ0v) is 41.1. The molecule has 0 heterocycles. The number of nitrogens with zero attached hydrogens (tertiary/aromatic N) is 1. The maximum Gasteiger partial charge on any atom is 0.310 e. The monoisotopic (exact) mass is 894 g/mol. The van der Waals surface area contributed by atoms with Gasteiger partial charge < -0.3 is 27.9 Å². The lowest BCUT2D eigenvalue weighted by Crippen LogP contribution is -2.37. The third-order valence-electron chi connectivity index (χ3n) is 9.23. The Bertz CT molecular complexity index is 1460. The molecule has 0 aliphatic heterocycles. The zero-order chi connectivity index (χ0) is 46.2. The Hall–Kier alpha value is -3.36. The number of ether oxygens (including phenoxy) is 2. The van der Waals surface area contributed by atoms with Gasteiger partial charge in [0.15, 0.2) is 0 Å². The summed E-state index contributed by atoms with van der Waals surface area (Å²) in [5.41, 5.74) is 0. The third kappa shape index (κ3) is 49.5. The van der Waals surface area contributed by atoms with Crippen molar-refractivity contribution in [3.05, 3.63) is 134 Å². The molecule has 8 nitrogen and oxygen atoms in total. The third-order valence-corrected chi connectivity index (χ3v) is 10.2. The van der Waals surface area contributed by atoms with E-state index in [0.29, 0.717) is 24.1 Å². The highest BCUT2D eigenvalue weighted by Gasteiger charge is 2.20. The molecular weight excluding hydrogens is 806 g/mol. The van der Waals surface area contributed by atoms with Gasteiger partial charge in [0.25, 0.3) is 7.82 Å². The van der Waals surface area contributed by atoms with Crippen LogP contribution >= 0.6 is 7.82 Å². The Morgan fingerprint density at radius 2 is 0.873 bits per heavy atom. The van der Waals surface area contributed by atoms with Crippen LogP contribution in [0.1, 0.15) is 142 Å². The first kappa shape index (κ1) is 59.6. The van der Waals surface area contributed by atoms with Crippen LogP contribution in [0.2, 0.25) is 0 Å². The van der Waals surface area contributed by atoms with Gasteiger partial charge in [0.2, 0.25) is 0 Å². The number of esters is 1. The van der Waals surface area contributed by atoms with Gasteiger partial charge in [-0.1, -0.05) is 180 Å². The van der Waals surface area contributed by atoms with Crippen molar-refractivity contribution in [1.29, 1.82) is 0 Å². The second-order valence-corrected chi connectivity index (χ2v) is 17.8. The van der Waals surface area contributed by atoms with Crippen LogP contribution in [0.15, 0.2) is 134 Å². The summed E-state index contributed by atoms with van der Waals surface area (Å²) in [6, 6.07) is 0. The zero-order valence-electron chi connectivity index (χ0n) is 40.2. The first-order chi connectivity index (χ1) is 30.6. The lowest BCUT2D eigenvalue weighted by Gasteiger charge is -2.28. The van der Waals surface area contributed by atoms with Crippen LogP contribution in [0, 0.1) is 0 Å². The van der Waals surface area contributed by atoms with Crippen LogP contribution < -0.4 is 4.89 Å². The molecule has 0 aliphatic carbocycles. The van der Waals surface area contributed by atoms with E-state index in [-0.39, 0.29) is 26.2 Å². The minimum atomic E-state index is -4.57. The second-order valence-electron chi connectivity index (χ2n) is 16.4. The SMILES string of the molecule is CC/C=C\C/C=C\C/C=C\C/C=C\C/C=C\C/C=C\CCCCCCCCCOCC(COP(=O)([O-])OCC[N+](C)(C)C)OC(=O)C/C=C\C/C=C\C/C=C\C/C=C\C/C=C\CC. The number of carbonyl (C=O) groups excluding carboxylic acids is 1. The molecule has 0 aromatic heterocycles. The molecule has 0 saturated carbocycles. The van der Waals surface area contributed by atoms with Crippen LogP contribution in [0.5, 0.6) is 0 Å². The van der Waals surface area contributed by atoms with Gasteiger partial charge in [0, 0.05) is 6.61 Å². The number of carbonyl (C=O) groups is 1. The molecule has 2 atom stereocenters. The molecule has 63 heavy (non-hydrogen) atoms. The number of hydrogen-bond donors (Lipinski definition) is 0. The molecule has 2 unspecified atom stereocenters. The van der Waals surface area contributed by atoms with Crippen molar-refractivity contribution < 1.29 is 37.3 Å². The summed E-state index contributed by atoms with van der Waals surface area (Å²) in [6.45, 7) is 4.97. The van der Waals surface area contributed by atoms with Crippen molar-refractivity contribution in [2.75, 3.05) is 54.1 Å². The first-order valence-electron chi connectivity index (χ1n) is 23.9. The van der Waals surface area contributed by atoms with Gasteiger partial charge >= 0.3 is 5.97 Å². The molecule has 0 fully saturated rings. The van der Waals surface area contributed by atoms with E-state index in [1.54, 1.807) is 6.08 Å². The number of phosphoric acid groups is 1. The minimum absolute atomic E-state index is 0.00121. The van der Waals surface area contributed by atoms with E-state index >= 15 is 0 Å². The molecule has 9 heteroatoms. The van der Waals surface area contributed by atoms with Crippen molar-refractivity contribution in [3.8, 4) is 0 Å². The highest BCUT2D eigenvalue weighted by Crippen LogP contribution is 2.38. The molecule has 0 saturated heterocycles. The summed E-state index contributed by atoms with van der Waals surface area (Å²) >= 11 is 0. The molecule has 0 aromatic carbocycles. The van der Waals surface area contributed by atoms with Gasteiger partial charge in [0.1, 0.15) is 19.3 Å². The van der Waals surface area contributed by atoms with E-state index in [1.165, 1.54) is 25.7 Å². The summed E-state index contributed by atoms with van der Waals surface area (Å²) in [5, 5.41) is 0. The van der Waals surface area contributed by atoms with Crippen LogP contribution in [0.3, 0.4) is 0 Å². The number of quaternary nitrogens is 1. The number of rotatable bonds is 42. The largest absolute Gasteiger partial charge is 0.756 e. The fourth-order valence-corrected chi connectivity index (χ4v) is 6.35. The molecule has 0 bridgehead atoms. The number of hydrogen-bond acceptors (Lipinski definition) is 7. The Balaban J connectivity index is 4.30. The van der Waals surface area contributed by atoms with Crippen LogP contribution in [-0.4, -0.2) is 70.7 Å². The topological polar surface area (TPSA) is 94.1 Å². The summed E-state index contributed by atoms with van der Waals surface area (Å²) in [7, 11) is 1.27. The van der Waals surface area contributed by atoms with Gasteiger partial charge in [-0.25, -0.2) is 0 Å². The Labute approximate surface area is 385 Å². The maximum atomic E-state index is 12.6. The number of allylic oxidation sites excluding steroid dienone is 21. The van der Waals surface area contributed by atoms with E-state index in [1.807, 2.05) is 27.2 Å². The molecule has 356 valence electrons. The van der Waals surface area contributed by atoms with Crippen LogP contribution in [0.25, 0.3) is 0 Å².